The van der Waals surface area contributed by atoms with Crippen molar-refractivity contribution in [2.75, 3.05) is 5.32 Å². The predicted molar refractivity (Wildman–Crippen MR) is 138 cm³/mol. The number of carbonyl (C=O) groups is 3. The van der Waals surface area contributed by atoms with Crippen molar-refractivity contribution in [3.63, 3.8) is 0 Å². The van der Waals surface area contributed by atoms with E-state index in [2.05, 4.69) is 5.32 Å². The van der Waals surface area contributed by atoms with Crippen LogP contribution in [-0.4, -0.2) is 28.1 Å². The molecule has 0 bridgehead atoms. The summed E-state index contributed by atoms with van der Waals surface area (Å²) in [4.78, 5) is 34.0. The number of nitrogens with one attached hydrogen (secondary N) is 1. The third-order valence-electron chi connectivity index (χ3n) is 4.91. The van der Waals surface area contributed by atoms with Gasteiger partial charge in [0.05, 0.1) is 27.6 Å². The van der Waals surface area contributed by atoms with Crippen LogP contribution in [0.3, 0.4) is 0 Å². The van der Waals surface area contributed by atoms with Crippen molar-refractivity contribution in [1.82, 2.24) is 0 Å². The molecule has 0 atom stereocenters. The third-order valence-corrected chi connectivity index (χ3v) is 6.10. The number of hydrogen-bond donors (Lipinski definition) is 3. The maximum absolute atomic E-state index is 12.4. The van der Waals surface area contributed by atoms with Crippen LogP contribution in [0, 0.1) is 0 Å². The molecule has 0 spiro atoms. The van der Waals surface area contributed by atoms with Gasteiger partial charge in [-0.2, -0.15) is 0 Å². The maximum Gasteiger partial charge on any atom is 0.336 e. The number of amides is 1. The van der Waals surface area contributed by atoms with Gasteiger partial charge in [0.1, 0.15) is 0 Å². The lowest BCUT2D eigenvalue weighted by molar-refractivity contribution is -0.136. The van der Waals surface area contributed by atoms with Gasteiger partial charge in [0.25, 0.3) is 5.91 Å². The summed E-state index contributed by atoms with van der Waals surface area (Å²) in [5, 5.41) is 23.3. The van der Waals surface area contributed by atoms with Crippen molar-refractivity contribution < 1.29 is 24.6 Å². The van der Waals surface area contributed by atoms with Gasteiger partial charge in [0.2, 0.25) is 0 Å². The summed E-state index contributed by atoms with van der Waals surface area (Å²) in [7, 11) is 0. The second-order valence-corrected chi connectivity index (χ2v) is 8.42. The maximum atomic E-state index is 12.4. The molecule has 35 heavy (non-hydrogen) atoms. The van der Waals surface area contributed by atoms with Crippen LogP contribution < -0.4 is 5.32 Å². The minimum atomic E-state index is -1.12. The fraction of sp³-hybridized carbons (Fsp3) is 0.0385. The van der Waals surface area contributed by atoms with E-state index in [0.717, 1.165) is 10.8 Å². The van der Waals surface area contributed by atoms with E-state index in [1.54, 1.807) is 18.2 Å². The van der Waals surface area contributed by atoms with Gasteiger partial charge in [0.15, 0.2) is 0 Å². The Kier molecular flexibility index (Phi) is 8.71. The van der Waals surface area contributed by atoms with Crippen molar-refractivity contribution in [1.29, 1.82) is 0 Å². The fourth-order valence-electron chi connectivity index (χ4n) is 3.27. The topological polar surface area (TPSA) is 104 Å². The molecule has 0 saturated carbocycles. The summed E-state index contributed by atoms with van der Waals surface area (Å²) < 4.78 is 0. The van der Waals surface area contributed by atoms with E-state index in [4.69, 9.17) is 39.9 Å². The third kappa shape index (κ3) is 6.51. The molecule has 6 nitrogen and oxygen atoms in total. The lowest BCUT2D eigenvalue weighted by atomic mass is 10.1. The standard InChI is InChI=1S/C18H13NO3.C8H5Cl3O2/c20-17(14-9-3-4-10-15(14)18(21)22)19-16-11-5-7-12-6-1-2-8-13(12)16;9-5-1-2-6(10)8(11)4(5)3-7(12)13/h1-11H,(H,19,20)(H,21,22);1-2H,3H2,(H,12,13). The highest BCUT2D eigenvalue weighted by molar-refractivity contribution is 6.44. The van der Waals surface area contributed by atoms with E-state index < -0.39 is 17.8 Å². The van der Waals surface area contributed by atoms with Crippen LogP contribution in [0.5, 0.6) is 0 Å². The Labute approximate surface area is 215 Å². The van der Waals surface area contributed by atoms with Crippen LogP contribution >= 0.6 is 34.8 Å². The highest BCUT2D eigenvalue weighted by Gasteiger charge is 2.16. The van der Waals surface area contributed by atoms with E-state index >= 15 is 0 Å². The van der Waals surface area contributed by atoms with Crippen molar-refractivity contribution in [3.05, 3.63) is 111 Å². The minimum absolute atomic E-state index is 0.0137. The van der Waals surface area contributed by atoms with Crippen LogP contribution in [0.25, 0.3) is 10.8 Å². The molecule has 1 amide bonds. The number of aliphatic carboxylic acids is 1. The molecule has 0 aromatic heterocycles. The highest BCUT2D eigenvalue weighted by Crippen LogP contribution is 2.31. The number of carboxylic acid groups (broad SMARTS) is 2. The Morgan fingerprint density at radius 3 is 2.00 bits per heavy atom. The second-order valence-electron chi connectivity index (χ2n) is 7.22. The summed E-state index contributed by atoms with van der Waals surface area (Å²) in [5.41, 5.74) is 1.13. The molecule has 0 aliphatic heterocycles. The van der Waals surface area contributed by atoms with Crippen molar-refractivity contribution in [3.8, 4) is 0 Å². The molecule has 0 radical (unpaired) electrons. The van der Waals surface area contributed by atoms with Gasteiger partial charge < -0.3 is 15.5 Å². The van der Waals surface area contributed by atoms with E-state index in [9.17, 15) is 19.5 Å². The number of anilines is 1. The smallest absolute Gasteiger partial charge is 0.336 e. The molecule has 3 N–H and O–H groups in total. The monoisotopic (exact) mass is 529 g/mol. The Bertz CT molecular complexity index is 1420. The molecule has 178 valence electrons. The Morgan fingerprint density at radius 1 is 0.714 bits per heavy atom. The molecule has 0 aliphatic carbocycles. The molecular weight excluding hydrogens is 513 g/mol. The molecule has 0 unspecified atom stereocenters. The van der Waals surface area contributed by atoms with Gasteiger partial charge in [0, 0.05) is 21.7 Å². The first kappa shape index (κ1) is 26.0. The Morgan fingerprint density at radius 2 is 1.31 bits per heavy atom. The summed E-state index contributed by atoms with van der Waals surface area (Å²) in [6.07, 6.45) is -0.224. The zero-order valence-electron chi connectivity index (χ0n) is 18.0. The first-order chi connectivity index (χ1) is 16.7. The minimum Gasteiger partial charge on any atom is -0.481 e. The van der Waals surface area contributed by atoms with Crippen LogP contribution in [0.15, 0.2) is 78.9 Å². The summed E-state index contributed by atoms with van der Waals surface area (Å²) in [6, 6.07) is 22.5. The van der Waals surface area contributed by atoms with Crippen LogP contribution in [0.4, 0.5) is 5.69 Å². The van der Waals surface area contributed by atoms with Crippen molar-refractivity contribution >= 4 is 69.1 Å². The van der Waals surface area contributed by atoms with Crippen LogP contribution in [-0.2, 0) is 11.2 Å². The molecule has 0 heterocycles. The quantitative estimate of drug-likeness (QED) is 0.240. The lowest BCUT2D eigenvalue weighted by Gasteiger charge is -2.10. The molecule has 4 aromatic carbocycles. The van der Waals surface area contributed by atoms with Crippen molar-refractivity contribution in [2.45, 2.75) is 6.42 Å². The van der Waals surface area contributed by atoms with E-state index in [1.165, 1.54) is 24.3 Å². The number of carbonyl (C=O) groups excluding carboxylic acids is 1. The van der Waals surface area contributed by atoms with Crippen LogP contribution in [0.1, 0.15) is 26.3 Å². The number of aromatic carboxylic acids is 1. The van der Waals surface area contributed by atoms with E-state index in [1.807, 2.05) is 36.4 Å². The number of benzene rings is 4. The summed E-state index contributed by atoms with van der Waals surface area (Å²) >= 11 is 17.2. The SMILES string of the molecule is O=C(O)Cc1c(Cl)ccc(Cl)c1Cl.O=C(O)c1ccccc1C(=O)Nc1cccc2ccccc12. The largest absolute Gasteiger partial charge is 0.481 e. The van der Waals surface area contributed by atoms with Gasteiger partial charge in [-0.15, -0.1) is 0 Å². The Balaban J connectivity index is 0.000000225. The van der Waals surface area contributed by atoms with Gasteiger partial charge in [-0.1, -0.05) is 83.3 Å². The number of carboxylic acids is 2. The molecule has 0 saturated heterocycles. The number of rotatable bonds is 5. The summed E-state index contributed by atoms with van der Waals surface area (Å²) in [6.45, 7) is 0. The second kappa shape index (κ2) is 11.7. The Hall–Kier alpha value is -3.58. The fourth-order valence-corrected chi connectivity index (χ4v) is 3.96. The van der Waals surface area contributed by atoms with Gasteiger partial charge in [-0.25, -0.2) is 4.79 Å². The van der Waals surface area contributed by atoms with E-state index in [0.29, 0.717) is 21.3 Å². The van der Waals surface area contributed by atoms with Crippen molar-refractivity contribution in [2.24, 2.45) is 0 Å². The predicted octanol–water partition coefficient (Wildman–Crippen LogP) is 7.06. The first-order valence-corrected chi connectivity index (χ1v) is 11.3. The number of hydrogen-bond acceptors (Lipinski definition) is 3. The molecule has 0 aliphatic rings. The van der Waals surface area contributed by atoms with Crippen LogP contribution in [0.2, 0.25) is 15.1 Å². The average molecular weight is 531 g/mol. The van der Waals surface area contributed by atoms with E-state index in [-0.39, 0.29) is 22.6 Å². The van der Waals surface area contributed by atoms with Gasteiger partial charge in [-0.3, -0.25) is 9.59 Å². The normalized spacial score (nSPS) is 10.3. The first-order valence-electron chi connectivity index (χ1n) is 10.1. The zero-order chi connectivity index (χ0) is 25.5. The molecule has 0 fully saturated rings. The zero-order valence-corrected chi connectivity index (χ0v) is 20.2. The summed E-state index contributed by atoms with van der Waals surface area (Å²) in [5.74, 6) is -2.55. The lowest BCUT2D eigenvalue weighted by Crippen LogP contribution is -2.16. The average Bonchev–Trinajstić information content (AvgIpc) is 2.84. The number of halogens is 3. The molecule has 9 heteroatoms. The highest BCUT2D eigenvalue weighted by atomic mass is 35.5. The van der Waals surface area contributed by atoms with Gasteiger partial charge in [-0.05, 0) is 35.7 Å². The molecule has 4 rings (SSSR count). The number of fused-ring (bicyclic) bond motifs is 1. The molecule has 4 aromatic rings. The molecular formula is C26H18Cl3NO5. The van der Waals surface area contributed by atoms with Gasteiger partial charge >= 0.3 is 11.9 Å².